The van der Waals surface area contributed by atoms with Crippen LogP contribution in [0.15, 0.2) is 53.4 Å². The van der Waals surface area contributed by atoms with E-state index in [4.69, 9.17) is 5.73 Å². The summed E-state index contributed by atoms with van der Waals surface area (Å²) in [6.07, 6.45) is 0.982. The zero-order valence-corrected chi connectivity index (χ0v) is 12.4. The van der Waals surface area contributed by atoms with E-state index in [1.165, 1.54) is 21.6 Å². The molecule has 2 N–H and O–H groups in total. The van der Waals surface area contributed by atoms with E-state index in [1.807, 2.05) is 11.8 Å². The highest BCUT2D eigenvalue weighted by Crippen LogP contribution is 2.25. The lowest BCUT2D eigenvalue weighted by molar-refractivity contribution is 0.698. The second-order valence-corrected chi connectivity index (χ2v) is 5.85. The Morgan fingerprint density at radius 2 is 1.74 bits per heavy atom. The van der Waals surface area contributed by atoms with Crippen LogP contribution in [0.25, 0.3) is 0 Å². The van der Waals surface area contributed by atoms with Gasteiger partial charge in [0.05, 0.1) is 0 Å². The number of nitrogens with two attached hydrogens (primary N) is 1. The summed E-state index contributed by atoms with van der Waals surface area (Å²) >= 11 is 1.87. The van der Waals surface area contributed by atoms with Crippen LogP contribution in [-0.2, 0) is 5.75 Å². The Morgan fingerprint density at radius 1 is 1.05 bits per heavy atom. The highest BCUT2D eigenvalue weighted by molar-refractivity contribution is 7.98. The topological polar surface area (TPSA) is 26.0 Å². The first-order valence-corrected chi connectivity index (χ1v) is 7.72. The highest BCUT2D eigenvalue weighted by atomic mass is 32.2. The smallest absolute Gasteiger partial charge is 0.0292 e. The van der Waals surface area contributed by atoms with Gasteiger partial charge in [-0.05, 0) is 42.2 Å². The van der Waals surface area contributed by atoms with Gasteiger partial charge in [-0.15, -0.1) is 11.8 Å². The van der Waals surface area contributed by atoms with Crippen molar-refractivity contribution in [2.75, 3.05) is 0 Å². The van der Waals surface area contributed by atoms with Gasteiger partial charge in [-0.2, -0.15) is 0 Å². The zero-order valence-electron chi connectivity index (χ0n) is 11.6. The van der Waals surface area contributed by atoms with Crippen LogP contribution in [0.4, 0.5) is 0 Å². The first-order valence-electron chi connectivity index (χ1n) is 6.73. The van der Waals surface area contributed by atoms with E-state index in [-0.39, 0.29) is 6.04 Å². The van der Waals surface area contributed by atoms with Gasteiger partial charge in [0.15, 0.2) is 0 Å². The van der Waals surface area contributed by atoms with Crippen LogP contribution < -0.4 is 5.73 Å². The van der Waals surface area contributed by atoms with Crippen molar-refractivity contribution in [3.63, 3.8) is 0 Å². The van der Waals surface area contributed by atoms with Crippen molar-refractivity contribution >= 4 is 11.8 Å². The van der Waals surface area contributed by atoms with Crippen molar-refractivity contribution in [2.24, 2.45) is 5.73 Å². The molecule has 0 saturated carbocycles. The number of aryl methyl sites for hydroxylation is 1. The summed E-state index contributed by atoms with van der Waals surface area (Å²) < 4.78 is 0. The van der Waals surface area contributed by atoms with Gasteiger partial charge < -0.3 is 5.73 Å². The van der Waals surface area contributed by atoms with E-state index in [2.05, 4.69) is 62.4 Å². The van der Waals surface area contributed by atoms with E-state index in [9.17, 15) is 0 Å². The van der Waals surface area contributed by atoms with Crippen LogP contribution in [-0.4, -0.2) is 0 Å². The Labute approximate surface area is 120 Å². The molecule has 2 heteroatoms. The maximum absolute atomic E-state index is 6.02. The fourth-order valence-corrected chi connectivity index (χ4v) is 2.95. The SMILES string of the molecule is CC[C@H](N)c1ccc(SCc2ccccc2C)cc1. The molecule has 0 unspecified atom stereocenters. The third-order valence-corrected chi connectivity index (χ3v) is 4.46. The number of hydrogen-bond donors (Lipinski definition) is 1. The minimum absolute atomic E-state index is 0.162. The molecule has 1 atom stereocenters. The monoisotopic (exact) mass is 271 g/mol. The predicted octanol–water partition coefficient (Wildman–Crippen LogP) is 4.70. The highest BCUT2D eigenvalue weighted by Gasteiger charge is 2.03. The second kappa shape index (κ2) is 6.78. The summed E-state index contributed by atoms with van der Waals surface area (Å²) in [4.78, 5) is 1.30. The summed E-state index contributed by atoms with van der Waals surface area (Å²) in [6, 6.07) is 17.4. The molecule has 0 aliphatic rings. The van der Waals surface area contributed by atoms with Crippen LogP contribution in [0.1, 0.15) is 36.1 Å². The molecule has 19 heavy (non-hydrogen) atoms. The zero-order chi connectivity index (χ0) is 13.7. The summed E-state index contributed by atoms with van der Waals surface area (Å²) in [5, 5.41) is 0. The summed E-state index contributed by atoms with van der Waals surface area (Å²) in [5.41, 5.74) is 10.0. The molecule has 1 nitrogen and oxygen atoms in total. The quantitative estimate of drug-likeness (QED) is 0.798. The van der Waals surface area contributed by atoms with Crippen LogP contribution in [0.5, 0.6) is 0 Å². The van der Waals surface area contributed by atoms with E-state index in [0.717, 1.165) is 12.2 Å². The lowest BCUT2D eigenvalue weighted by Crippen LogP contribution is -2.07. The van der Waals surface area contributed by atoms with E-state index in [0.29, 0.717) is 0 Å². The van der Waals surface area contributed by atoms with Crippen LogP contribution >= 0.6 is 11.8 Å². The molecule has 0 amide bonds. The number of hydrogen-bond acceptors (Lipinski definition) is 2. The Bertz CT molecular complexity index is 519. The standard InChI is InChI=1S/C17H21NS/c1-3-17(18)14-8-10-16(11-9-14)19-12-15-7-5-4-6-13(15)2/h4-11,17H,3,12,18H2,1-2H3/t17-/m0/s1. The van der Waals surface area contributed by atoms with Gasteiger partial charge in [0.25, 0.3) is 0 Å². The van der Waals surface area contributed by atoms with Crippen molar-refractivity contribution in [2.45, 2.75) is 37.0 Å². The molecule has 0 aliphatic heterocycles. The summed E-state index contributed by atoms with van der Waals surface area (Å²) in [6.45, 7) is 4.28. The van der Waals surface area contributed by atoms with E-state index >= 15 is 0 Å². The van der Waals surface area contributed by atoms with Crippen LogP contribution in [0.2, 0.25) is 0 Å². The molecule has 0 spiro atoms. The van der Waals surface area contributed by atoms with Crippen molar-refractivity contribution in [1.29, 1.82) is 0 Å². The van der Waals surface area contributed by atoms with Gasteiger partial charge in [0, 0.05) is 16.7 Å². The normalized spacial score (nSPS) is 12.4. The minimum Gasteiger partial charge on any atom is -0.324 e. The Morgan fingerprint density at radius 3 is 2.37 bits per heavy atom. The summed E-state index contributed by atoms with van der Waals surface area (Å²) in [7, 11) is 0. The van der Waals surface area contributed by atoms with Crippen molar-refractivity contribution in [3.05, 3.63) is 65.2 Å². The number of thioether (sulfide) groups is 1. The largest absolute Gasteiger partial charge is 0.324 e. The van der Waals surface area contributed by atoms with Gasteiger partial charge in [0.1, 0.15) is 0 Å². The molecule has 0 bridgehead atoms. The van der Waals surface area contributed by atoms with Crippen LogP contribution in [0, 0.1) is 6.92 Å². The number of benzene rings is 2. The van der Waals surface area contributed by atoms with E-state index < -0.39 is 0 Å². The molecule has 0 saturated heterocycles. The van der Waals surface area contributed by atoms with Gasteiger partial charge in [0.2, 0.25) is 0 Å². The maximum Gasteiger partial charge on any atom is 0.0292 e. The Balaban J connectivity index is 1.99. The van der Waals surface area contributed by atoms with Gasteiger partial charge in [-0.25, -0.2) is 0 Å². The second-order valence-electron chi connectivity index (χ2n) is 4.80. The Hall–Kier alpha value is -1.25. The average molecular weight is 271 g/mol. The number of rotatable bonds is 5. The predicted molar refractivity (Wildman–Crippen MR) is 84.4 cm³/mol. The van der Waals surface area contributed by atoms with Crippen LogP contribution in [0.3, 0.4) is 0 Å². The lowest BCUT2D eigenvalue weighted by Gasteiger charge is -2.10. The van der Waals surface area contributed by atoms with Crippen molar-refractivity contribution < 1.29 is 0 Å². The first-order chi connectivity index (χ1) is 9.20. The van der Waals surface area contributed by atoms with Crippen molar-refractivity contribution in [1.82, 2.24) is 0 Å². The Kier molecular flexibility index (Phi) is 5.06. The lowest BCUT2D eigenvalue weighted by atomic mass is 10.1. The molecular formula is C17H21NS. The third kappa shape index (κ3) is 3.85. The van der Waals surface area contributed by atoms with Gasteiger partial charge in [-0.3, -0.25) is 0 Å². The first kappa shape index (κ1) is 14.2. The van der Waals surface area contributed by atoms with Gasteiger partial charge >= 0.3 is 0 Å². The molecule has 0 radical (unpaired) electrons. The molecule has 2 rings (SSSR count). The fraction of sp³-hybridized carbons (Fsp3) is 0.294. The van der Waals surface area contributed by atoms with Crippen molar-refractivity contribution in [3.8, 4) is 0 Å². The average Bonchev–Trinajstić information content (AvgIpc) is 2.46. The van der Waals surface area contributed by atoms with E-state index in [1.54, 1.807) is 0 Å². The molecular weight excluding hydrogens is 250 g/mol. The molecule has 0 aliphatic carbocycles. The third-order valence-electron chi connectivity index (χ3n) is 3.40. The minimum atomic E-state index is 0.162. The molecule has 2 aromatic carbocycles. The molecule has 100 valence electrons. The fourth-order valence-electron chi connectivity index (χ4n) is 1.98. The maximum atomic E-state index is 6.02. The van der Waals surface area contributed by atoms with Gasteiger partial charge in [-0.1, -0.05) is 43.3 Å². The summed E-state index contributed by atoms with van der Waals surface area (Å²) in [5.74, 6) is 1.02. The molecule has 0 aromatic heterocycles. The molecule has 0 fully saturated rings. The molecule has 2 aromatic rings. The molecule has 0 heterocycles.